The second-order valence-corrected chi connectivity index (χ2v) is 8.47. The number of methoxy groups -OCH3 is 1. The Labute approximate surface area is 209 Å². The minimum Gasteiger partial charge on any atom is -0.438 e. The topological polar surface area (TPSA) is 110 Å². The van der Waals surface area contributed by atoms with E-state index in [1.165, 1.54) is 11.1 Å². The third kappa shape index (κ3) is 5.87. The number of rotatable bonds is 9. The highest BCUT2D eigenvalue weighted by molar-refractivity contribution is 6.04. The van der Waals surface area contributed by atoms with Gasteiger partial charge in [0.1, 0.15) is 0 Å². The summed E-state index contributed by atoms with van der Waals surface area (Å²) in [6.07, 6.45) is 1.62. The van der Waals surface area contributed by atoms with Gasteiger partial charge in [0.25, 0.3) is 5.91 Å². The van der Waals surface area contributed by atoms with E-state index in [9.17, 15) is 14.4 Å². The van der Waals surface area contributed by atoms with E-state index in [1.54, 1.807) is 49.7 Å². The SMILES string of the molecule is COCCNC(=O)C1C(c2cccc(NC(=O)c3cccnc3)c2)OC(=O)N1Cc1ccc(C)cc1. The Kier molecular flexibility index (Phi) is 7.92. The summed E-state index contributed by atoms with van der Waals surface area (Å²) in [5.74, 6) is -0.668. The van der Waals surface area contributed by atoms with Gasteiger partial charge in [-0.05, 0) is 42.3 Å². The average molecular weight is 489 g/mol. The normalized spacial score (nSPS) is 16.9. The molecule has 0 saturated carbocycles. The largest absolute Gasteiger partial charge is 0.438 e. The van der Waals surface area contributed by atoms with Crippen molar-refractivity contribution in [2.24, 2.45) is 0 Å². The van der Waals surface area contributed by atoms with Crippen LogP contribution in [-0.2, 0) is 20.8 Å². The molecule has 3 amide bonds. The highest BCUT2D eigenvalue weighted by atomic mass is 16.6. The zero-order valence-corrected chi connectivity index (χ0v) is 20.1. The summed E-state index contributed by atoms with van der Waals surface area (Å²) in [6.45, 7) is 2.84. The number of carbonyl (C=O) groups is 3. The predicted molar refractivity (Wildman–Crippen MR) is 133 cm³/mol. The predicted octanol–water partition coefficient (Wildman–Crippen LogP) is 3.47. The lowest BCUT2D eigenvalue weighted by Gasteiger charge is -2.24. The molecule has 4 rings (SSSR count). The molecule has 36 heavy (non-hydrogen) atoms. The fourth-order valence-corrected chi connectivity index (χ4v) is 3.97. The number of aryl methyl sites for hydroxylation is 1. The van der Waals surface area contributed by atoms with E-state index < -0.39 is 18.2 Å². The molecule has 3 aromatic rings. The number of hydrogen-bond acceptors (Lipinski definition) is 6. The van der Waals surface area contributed by atoms with Crippen molar-refractivity contribution in [3.05, 3.63) is 95.3 Å². The van der Waals surface area contributed by atoms with Gasteiger partial charge < -0.3 is 20.1 Å². The van der Waals surface area contributed by atoms with Crippen LogP contribution in [0, 0.1) is 6.92 Å². The lowest BCUT2D eigenvalue weighted by Crippen LogP contribution is -2.47. The Bertz CT molecular complexity index is 1220. The monoisotopic (exact) mass is 488 g/mol. The molecule has 1 aliphatic heterocycles. The van der Waals surface area contributed by atoms with E-state index >= 15 is 0 Å². The van der Waals surface area contributed by atoms with Crippen LogP contribution < -0.4 is 10.6 Å². The Morgan fingerprint density at radius 2 is 1.92 bits per heavy atom. The Balaban J connectivity index is 1.59. The third-order valence-corrected chi connectivity index (χ3v) is 5.83. The second kappa shape index (κ2) is 11.5. The van der Waals surface area contributed by atoms with Crippen LogP contribution >= 0.6 is 0 Å². The van der Waals surface area contributed by atoms with Gasteiger partial charge in [-0.2, -0.15) is 0 Å². The average Bonchev–Trinajstić information content (AvgIpc) is 3.22. The first kappa shape index (κ1) is 24.9. The highest BCUT2D eigenvalue weighted by Crippen LogP contribution is 2.35. The van der Waals surface area contributed by atoms with Gasteiger partial charge in [0.15, 0.2) is 12.1 Å². The summed E-state index contributed by atoms with van der Waals surface area (Å²) in [5, 5.41) is 5.65. The van der Waals surface area contributed by atoms with Crippen LogP contribution in [-0.4, -0.2) is 54.1 Å². The molecule has 2 atom stereocenters. The Morgan fingerprint density at radius 1 is 1.11 bits per heavy atom. The molecule has 1 aromatic heterocycles. The molecule has 1 aliphatic rings. The van der Waals surface area contributed by atoms with E-state index in [0.717, 1.165) is 11.1 Å². The molecule has 1 saturated heterocycles. The van der Waals surface area contributed by atoms with Gasteiger partial charge in [-0.15, -0.1) is 0 Å². The smallest absolute Gasteiger partial charge is 0.411 e. The molecule has 2 N–H and O–H groups in total. The number of nitrogens with one attached hydrogen (secondary N) is 2. The van der Waals surface area contributed by atoms with Crippen LogP contribution in [0.25, 0.3) is 0 Å². The highest BCUT2D eigenvalue weighted by Gasteiger charge is 2.47. The molecule has 2 unspecified atom stereocenters. The van der Waals surface area contributed by atoms with E-state index in [1.807, 2.05) is 31.2 Å². The molecule has 9 heteroatoms. The van der Waals surface area contributed by atoms with E-state index in [-0.39, 0.29) is 18.4 Å². The number of ether oxygens (including phenoxy) is 2. The number of hydrogen-bond donors (Lipinski definition) is 2. The Morgan fingerprint density at radius 3 is 2.64 bits per heavy atom. The van der Waals surface area contributed by atoms with Crippen molar-refractivity contribution in [2.75, 3.05) is 25.6 Å². The first-order chi connectivity index (χ1) is 17.5. The van der Waals surface area contributed by atoms with Gasteiger partial charge in [0.2, 0.25) is 5.91 Å². The molecule has 186 valence electrons. The van der Waals surface area contributed by atoms with Gasteiger partial charge in [0.05, 0.1) is 18.7 Å². The van der Waals surface area contributed by atoms with Gasteiger partial charge in [-0.1, -0.05) is 42.0 Å². The summed E-state index contributed by atoms with van der Waals surface area (Å²) in [5.41, 5.74) is 3.48. The van der Waals surface area contributed by atoms with Crippen LogP contribution in [0.2, 0.25) is 0 Å². The summed E-state index contributed by atoms with van der Waals surface area (Å²) >= 11 is 0. The van der Waals surface area contributed by atoms with Crippen molar-refractivity contribution in [1.29, 1.82) is 0 Å². The number of carbonyl (C=O) groups excluding carboxylic acids is 3. The maximum Gasteiger partial charge on any atom is 0.411 e. The van der Waals surface area contributed by atoms with Gasteiger partial charge in [-0.3, -0.25) is 19.5 Å². The molecule has 2 heterocycles. The van der Waals surface area contributed by atoms with Crippen molar-refractivity contribution < 1.29 is 23.9 Å². The summed E-state index contributed by atoms with van der Waals surface area (Å²) in [7, 11) is 1.55. The maximum absolute atomic E-state index is 13.2. The summed E-state index contributed by atoms with van der Waals surface area (Å²) in [4.78, 5) is 44.2. The lowest BCUT2D eigenvalue weighted by atomic mass is 10.00. The number of benzene rings is 2. The Hall–Kier alpha value is -4.24. The van der Waals surface area contributed by atoms with Crippen LogP contribution in [0.3, 0.4) is 0 Å². The van der Waals surface area contributed by atoms with E-state index in [2.05, 4.69) is 15.6 Å². The van der Waals surface area contributed by atoms with Crippen molar-refractivity contribution in [1.82, 2.24) is 15.2 Å². The van der Waals surface area contributed by atoms with Crippen LogP contribution in [0.4, 0.5) is 10.5 Å². The number of cyclic esters (lactones) is 1. The van der Waals surface area contributed by atoms with Gasteiger partial charge in [0, 0.05) is 31.7 Å². The van der Waals surface area contributed by atoms with E-state index in [4.69, 9.17) is 9.47 Å². The zero-order chi connectivity index (χ0) is 25.5. The number of pyridine rings is 1. The molecular weight excluding hydrogens is 460 g/mol. The summed E-state index contributed by atoms with van der Waals surface area (Å²) < 4.78 is 10.8. The van der Waals surface area contributed by atoms with Crippen LogP contribution in [0.15, 0.2) is 73.1 Å². The number of anilines is 1. The van der Waals surface area contributed by atoms with Crippen LogP contribution in [0.1, 0.15) is 33.2 Å². The zero-order valence-electron chi connectivity index (χ0n) is 20.1. The molecule has 9 nitrogen and oxygen atoms in total. The van der Waals surface area contributed by atoms with Gasteiger partial charge in [-0.25, -0.2) is 4.79 Å². The minimum absolute atomic E-state index is 0.218. The molecule has 0 spiro atoms. The molecule has 0 radical (unpaired) electrons. The molecule has 0 bridgehead atoms. The number of amides is 3. The van der Waals surface area contributed by atoms with Crippen molar-refractivity contribution >= 4 is 23.6 Å². The van der Waals surface area contributed by atoms with Crippen molar-refractivity contribution in [3.8, 4) is 0 Å². The molecule has 0 aliphatic carbocycles. The quantitative estimate of drug-likeness (QED) is 0.447. The molecule has 2 aromatic carbocycles. The molecular formula is C27H28N4O5. The van der Waals surface area contributed by atoms with Crippen molar-refractivity contribution in [3.63, 3.8) is 0 Å². The third-order valence-electron chi connectivity index (χ3n) is 5.83. The molecule has 1 fully saturated rings. The van der Waals surface area contributed by atoms with Crippen LogP contribution in [0.5, 0.6) is 0 Å². The fourth-order valence-electron chi connectivity index (χ4n) is 3.97. The number of aromatic nitrogens is 1. The maximum atomic E-state index is 13.2. The second-order valence-electron chi connectivity index (χ2n) is 8.47. The van der Waals surface area contributed by atoms with Gasteiger partial charge >= 0.3 is 6.09 Å². The summed E-state index contributed by atoms with van der Waals surface area (Å²) in [6, 6.07) is 17.1. The number of nitrogens with zero attached hydrogens (tertiary/aromatic N) is 2. The lowest BCUT2D eigenvalue weighted by molar-refractivity contribution is -0.126. The first-order valence-electron chi connectivity index (χ1n) is 11.6. The first-order valence-corrected chi connectivity index (χ1v) is 11.6. The van der Waals surface area contributed by atoms with E-state index in [0.29, 0.717) is 30.0 Å². The fraction of sp³-hybridized carbons (Fsp3) is 0.259. The van der Waals surface area contributed by atoms with Crippen molar-refractivity contribution in [2.45, 2.75) is 25.6 Å². The standard InChI is InChI=1S/C27H28N4O5/c1-18-8-10-19(11-9-18)17-31-23(26(33)29-13-14-35-2)24(36-27(31)34)20-5-3-7-22(15-20)30-25(32)21-6-4-12-28-16-21/h3-12,15-16,23-24H,13-14,17H2,1-2H3,(H,29,33)(H,30,32). The minimum atomic E-state index is -0.903.